The molecular weight excluding hydrogens is 402 g/mol. The molecule has 3 aromatic rings. The summed E-state index contributed by atoms with van der Waals surface area (Å²) < 4.78 is 10.3. The first-order valence-corrected chi connectivity index (χ1v) is 9.55. The molecule has 31 heavy (non-hydrogen) atoms. The quantitative estimate of drug-likeness (QED) is 0.650. The summed E-state index contributed by atoms with van der Waals surface area (Å²) in [6.07, 6.45) is -0.789. The predicted octanol–water partition coefficient (Wildman–Crippen LogP) is 3.04. The van der Waals surface area contributed by atoms with Crippen molar-refractivity contribution in [2.75, 3.05) is 30.0 Å². The molecular formula is C22H19N3O6. The number of pyridine rings is 1. The van der Waals surface area contributed by atoms with Gasteiger partial charge in [0, 0.05) is 17.6 Å². The molecule has 158 valence electrons. The summed E-state index contributed by atoms with van der Waals surface area (Å²) >= 11 is 0. The van der Waals surface area contributed by atoms with Gasteiger partial charge in [0.15, 0.2) is 5.69 Å². The summed E-state index contributed by atoms with van der Waals surface area (Å²) in [6, 6.07) is 15.7. The zero-order chi connectivity index (χ0) is 21.8. The molecule has 2 heterocycles. The molecule has 1 fully saturated rings. The van der Waals surface area contributed by atoms with Crippen molar-refractivity contribution in [1.29, 1.82) is 0 Å². The van der Waals surface area contributed by atoms with Gasteiger partial charge in [0.25, 0.3) is 5.91 Å². The number of carboxylic acids is 1. The Bertz CT molecular complexity index is 1150. The number of benzene rings is 2. The lowest BCUT2D eigenvalue weighted by molar-refractivity contribution is -0.125. The maximum absolute atomic E-state index is 12.2. The molecule has 9 nitrogen and oxygen atoms in total. The van der Waals surface area contributed by atoms with Gasteiger partial charge in [-0.1, -0.05) is 36.4 Å². The fourth-order valence-electron chi connectivity index (χ4n) is 3.24. The van der Waals surface area contributed by atoms with Gasteiger partial charge in [0.2, 0.25) is 0 Å². The summed E-state index contributed by atoms with van der Waals surface area (Å²) in [4.78, 5) is 41.7. The lowest BCUT2D eigenvalue weighted by Gasteiger charge is -2.27. The second-order valence-corrected chi connectivity index (χ2v) is 6.85. The van der Waals surface area contributed by atoms with Crippen molar-refractivity contribution in [3.05, 3.63) is 65.9 Å². The van der Waals surface area contributed by atoms with Gasteiger partial charge in [0.05, 0.1) is 17.8 Å². The van der Waals surface area contributed by atoms with Gasteiger partial charge >= 0.3 is 12.1 Å². The maximum atomic E-state index is 12.2. The van der Waals surface area contributed by atoms with E-state index in [1.807, 2.05) is 30.3 Å². The molecule has 0 atom stereocenters. The van der Waals surface area contributed by atoms with Crippen molar-refractivity contribution in [3.8, 4) is 0 Å². The van der Waals surface area contributed by atoms with Crippen molar-refractivity contribution >= 4 is 40.2 Å². The first kappa shape index (κ1) is 20.3. The smallest absolute Gasteiger partial charge is 0.412 e. The average molecular weight is 421 g/mol. The van der Waals surface area contributed by atoms with E-state index in [0.29, 0.717) is 29.7 Å². The highest BCUT2D eigenvalue weighted by atomic mass is 16.5. The number of morpholine rings is 1. The third-order valence-electron chi connectivity index (χ3n) is 4.75. The Kier molecular flexibility index (Phi) is 5.76. The fourth-order valence-corrected chi connectivity index (χ4v) is 3.24. The van der Waals surface area contributed by atoms with E-state index in [0.717, 1.165) is 5.56 Å². The summed E-state index contributed by atoms with van der Waals surface area (Å²) in [5.41, 5.74) is 1.49. The van der Waals surface area contributed by atoms with Crippen LogP contribution in [0.2, 0.25) is 0 Å². The number of carboxylic acid groups (broad SMARTS) is 1. The molecule has 1 aliphatic rings. The zero-order valence-corrected chi connectivity index (χ0v) is 16.4. The standard InChI is InChI=1S/C22H19N3O6/c26-19-13-30-9-8-25(19)16-7-6-15-10-18(20(21(27)28)23-17(15)11-16)24-22(29)31-12-14-4-2-1-3-5-14/h1-7,10-11H,8-9,12-13H2,(H,24,29)(H,27,28). The largest absolute Gasteiger partial charge is 0.476 e. The van der Waals surface area contributed by atoms with Crippen LogP contribution in [-0.2, 0) is 20.9 Å². The second-order valence-electron chi connectivity index (χ2n) is 6.85. The second kappa shape index (κ2) is 8.80. The third kappa shape index (κ3) is 4.62. The minimum absolute atomic E-state index is 0.000206. The number of anilines is 2. The van der Waals surface area contributed by atoms with Gasteiger partial charge in [-0.05, 0) is 23.8 Å². The van der Waals surface area contributed by atoms with Gasteiger partial charge in [-0.3, -0.25) is 10.1 Å². The highest BCUT2D eigenvalue weighted by Gasteiger charge is 2.22. The van der Waals surface area contributed by atoms with E-state index >= 15 is 0 Å². The van der Waals surface area contributed by atoms with Crippen LogP contribution >= 0.6 is 0 Å². The van der Waals surface area contributed by atoms with Crippen LogP contribution in [0.25, 0.3) is 10.9 Å². The number of carbonyl (C=O) groups excluding carboxylic acids is 2. The number of hydrogen-bond acceptors (Lipinski definition) is 6. The lowest BCUT2D eigenvalue weighted by Crippen LogP contribution is -2.41. The first-order chi connectivity index (χ1) is 15.0. The SMILES string of the molecule is O=C(Nc1cc2ccc(N3CCOCC3=O)cc2nc1C(=O)O)OCc1ccccc1. The van der Waals surface area contributed by atoms with Gasteiger partial charge in [-0.2, -0.15) is 0 Å². The van der Waals surface area contributed by atoms with E-state index < -0.39 is 12.1 Å². The Morgan fingerprint density at radius 3 is 2.71 bits per heavy atom. The van der Waals surface area contributed by atoms with E-state index in [2.05, 4.69) is 10.3 Å². The van der Waals surface area contributed by atoms with Crippen molar-refractivity contribution in [2.45, 2.75) is 6.61 Å². The van der Waals surface area contributed by atoms with E-state index in [1.165, 1.54) is 6.07 Å². The molecule has 2 amide bonds. The molecule has 1 aliphatic heterocycles. The van der Waals surface area contributed by atoms with Crippen LogP contribution in [0.1, 0.15) is 16.1 Å². The van der Waals surface area contributed by atoms with Crippen molar-refractivity contribution in [2.24, 2.45) is 0 Å². The number of nitrogens with one attached hydrogen (secondary N) is 1. The summed E-state index contributed by atoms with van der Waals surface area (Å²) in [6.45, 7) is 0.876. The summed E-state index contributed by atoms with van der Waals surface area (Å²) in [7, 11) is 0. The number of aromatic nitrogens is 1. The van der Waals surface area contributed by atoms with E-state index in [9.17, 15) is 19.5 Å². The Morgan fingerprint density at radius 1 is 1.16 bits per heavy atom. The van der Waals surface area contributed by atoms with Crippen LogP contribution in [0, 0.1) is 0 Å². The molecule has 9 heteroatoms. The Hall–Kier alpha value is -3.98. The highest BCUT2D eigenvalue weighted by Crippen LogP contribution is 2.26. The Balaban J connectivity index is 1.57. The van der Waals surface area contributed by atoms with Crippen LogP contribution in [0.15, 0.2) is 54.6 Å². The van der Waals surface area contributed by atoms with Crippen molar-refractivity contribution in [3.63, 3.8) is 0 Å². The summed E-state index contributed by atoms with van der Waals surface area (Å²) in [5.74, 6) is -1.48. The number of fused-ring (bicyclic) bond motifs is 1. The molecule has 0 aliphatic carbocycles. The molecule has 4 rings (SSSR count). The number of ether oxygens (including phenoxy) is 2. The van der Waals surface area contributed by atoms with Crippen molar-refractivity contribution < 1.29 is 29.0 Å². The van der Waals surface area contributed by atoms with Crippen molar-refractivity contribution in [1.82, 2.24) is 4.98 Å². The first-order valence-electron chi connectivity index (χ1n) is 9.55. The molecule has 0 spiro atoms. The minimum atomic E-state index is -1.30. The number of aromatic carboxylic acids is 1. The molecule has 1 saturated heterocycles. The van der Waals surface area contributed by atoms with E-state index in [-0.39, 0.29) is 30.5 Å². The zero-order valence-electron chi connectivity index (χ0n) is 16.4. The fraction of sp³-hybridized carbons (Fsp3) is 0.182. The number of nitrogens with zero attached hydrogens (tertiary/aromatic N) is 2. The normalized spacial score (nSPS) is 13.8. The number of hydrogen-bond donors (Lipinski definition) is 2. The van der Waals surface area contributed by atoms with Gasteiger partial charge in [-0.15, -0.1) is 0 Å². The molecule has 0 saturated carbocycles. The van der Waals surface area contributed by atoms with E-state index in [4.69, 9.17) is 9.47 Å². The number of amides is 2. The third-order valence-corrected chi connectivity index (χ3v) is 4.75. The monoisotopic (exact) mass is 421 g/mol. The van der Waals surface area contributed by atoms with Gasteiger partial charge in [0.1, 0.15) is 13.2 Å². The van der Waals surface area contributed by atoms with Gasteiger partial charge < -0.3 is 19.5 Å². The number of carbonyl (C=O) groups is 3. The molecule has 2 N–H and O–H groups in total. The minimum Gasteiger partial charge on any atom is -0.476 e. The number of rotatable bonds is 5. The molecule has 2 aromatic carbocycles. The van der Waals surface area contributed by atoms with Crippen LogP contribution in [0.4, 0.5) is 16.2 Å². The maximum Gasteiger partial charge on any atom is 0.412 e. The molecule has 0 bridgehead atoms. The topological polar surface area (TPSA) is 118 Å². The van der Waals surface area contributed by atoms with Crippen LogP contribution in [-0.4, -0.2) is 47.8 Å². The molecule has 1 aromatic heterocycles. The average Bonchev–Trinajstić information content (AvgIpc) is 2.78. The Morgan fingerprint density at radius 2 is 1.97 bits per heavy atom. The predicted molar refractivity (Wildman–Crippen MR) is 112 cm³/mol. The van der Waals surface area contributed by atoms with Crippen LogP contribution < -0.4 is 10.2 Å². The van der Waals surface area contributed by atoms with Crippen LogP contribution in [0.3, 0.4) is 0 Å². The highest BCUT2D eigenvalue weighted by molar-refractivity contribution is 6.02. The van der Waals surface area contributed by atoms with E-state index in [1.54, 1.807) is 23.1 Å². The molecule has 0 unspecified atom stereocenters. The van der Waals surface area contributed by atoms with Gasteiger partial charge in [-0.25, -0.2) is 14.6 Å². The van der Waals surface area contributed by atoms with Crippen LogP contribution in [0.5, 0.6) is 0 Å². The summed E-state index contributed by atoms with van der Waals surface area (Å²) in [5, 5.41) is 12.6. The Labute approximate surface area is 177 Å². The lowest BCUT2D eigenvalue weighted by atomic mass is 10.1. The molecule has 0 radical (unpaired) electrons.